The highest BCUT2D eigenvalue weighted by Crippen LogP contribution is 2.21. The first kappa shape index (κ1) is 13.9. The molecule has 0 aliphatic carbocycles. The highest BCUT2D eigenvalue weighted by Gasteiger charge is 2.26. The molecule has 1 aliphatic rings. The molecule has 1 unspecified atom stereocenters. The summed E-state index contributed by atoms with van der Waals surface area (Å²) < 4.78 is 5.32. The summed E-state index contributed by atoms with van der Waals surface area (Å²) in [6, 6.07) is 6.25. The van der Waals surface area contributed by atoms with Gasteiger partial charge in [0.15, 0.2) is 0 Å². The molecule has 0 bridgehead atoms. The summed E-state index contributed by atoms with van der Waals surface area (Å²) in [6.45, 7) is 3.56. The van der Waals surface area contributed by atoms with Crippen molar-refractivity contribution < 1.29 is 9.53 Å². The van der Waals surface area contributed by atoms with E-state index in [4.69, 9.17) is 10.5 Å². The minimum absolute atomic E-state index is 0.00886. The summed E-state index contributed by atoms with van der Waals surface area (Å²) in [7, 11) is 1.69. The lowest BCUT2D eigenvalue weighted by Crippen LogP contribution is -2.30. The van der Waals surface area contributed by atoms with Crippen molar-refractivity contribution in [1.82, 2.24) is 4.90 Å². The number of nitrogens with zero attached hydrogens (tertiary/aromatic N) is 1. The van der Waals surface area contributed by atoms with Gasteiger partial charge >= 0.3 is 0 Å². The van der Waals surface area contributed by atoms with Crippen LogP contribution in [0.1, 0.15) is 24.5 Å². The van der Waals surface area contributed by atoms with Crippen LogP contribution in [-0.2, 0) is 17.6 Å². The number of carbonyl (C=O) groups excluding carboxylic acids is 1. The zero-order valence-corrected chi connectivity index (χ0v) is 11.7. The van der Waals surface area contributed by atoms with Crippen LogP contribution in [-0.4, -0.2) is 37.0 Å². The monoisotopic (exact) mass is 262 g/mol. The predicted octanol–water partition coefficient (Wildman–Crippen LogP) is 1.36. The molecule has 1 aliphatic heterocycles. The van der Waals surface area contributed by atoms with E-state index < -0.39 is 0 Å². The number of rotatable bonds is 5. The summed E-state index contributed by atoms with van der Waals surface area (Å²) in [4.78, 5) is 13.5. The molecule has 2 rings (SSSR count). The van der Waals surface area contributed by atoms with Crippen molar-refractivity contribution in [2.45, 2.75) is 32.2 Å². The molecule has 0 aromatic heterocycles. The van der Waals surface area contributed by atoms with Crippen molar-refractivity contribution in [2.75, 3.05) is 20.2 Å². The standard InChI is InChI=1S/C15H22N2O2/c1-3-12-8-11(4-5-14(12)19-2)6-7-17-10-13(16)9-15(17)18/h4-5,8,13H,3,6-7,9-10,16H2,1-2H3. The molecule has 1 fully saturated rings. The molecule has 4 heteroatoms. The largest absolute Gasteiger partial charge is 0.496 e. The van der Waals surface area contributed by atoms with Gasteiger partial charge in [-0.15, -0.1) is 0 Å². The van der Waals surface area contributed by atoms with Gasteiger partial charge in [-0.05, 0) is 30.0 Å². The molecule has 1 aromatic rings. The van der Waals surface area contributed by atoms with Crippen molar-refractivity contribution in [3.05, 3.63) is 29.3 Å². The van der Waals surface area contributed by atoms with Crippen LogP contribution in [0.15, 0.2) is 18.2 Å². The van der Waals surface area contributed by atoms with E-state index in [0.717, 1.165) is 25.1 Å². The van der Waals surface area contributed by atoms with Crippen LogP contribution >= 0.6 is 0 Å². The fraction of sp³-hybridized carbons (Fsp3) is 0.533. The summed E-state index contributed by atoms with van der Waals surface area (Å²) in [5.41, 5.74) is 8.24. The molecule has 4 nitrogen and oxygen atoms in total. The Morgan fingerprint density at radius 2 is 2.26 bits per heavy atom. The lowest BCUT2D eigenvalue weighted by molar-refractivity contribution is -0.127. The minimum atomic E-state index is 0.00886. The second kappa shape index (κ2) is 6.06. The van der Waals surface area contributed by atoms with Gasteiger partial charge in [-0.25, -0.2) is 0 Å². The Balaban J connectivity index is 1.98. The molecule has 1 saturated heterocycles. The Hall–Kier alpha value is -1.55. The molecule has 104 valence electrons. The molecule has 0 saturated carbocycles. The van der Waals surface area contributed by atoms with Gasteiger partial charge in [0.05, 0.1) is 7.11 Å². The molecule has 1 atom stereocenters. The average Bonchev–Trinajstić information content (AvgIpc) is 2.74. The van der Waals surface area contributed by atoms with Crippen LogP contribution in [0.5, 0.6) is 5.75 Å². The number of amides is 1. The third-order valence-corrected chi connectivity index (χ3v) is 3.64. The first-order chi connectivity index (χ1) is 9.13. The van der Waals surface area contributed by atoms with E-state index >= 15 is 0 Å². The molecule has 1 aromatic carbocycles. The molecule has 19 heavy (non-hydrogen) atoms. The maximum Gasteiger partial charge on any atom is 0.224 e. The lowest BCUT2D eigenvalue weighted by Gasteiger charge is -2.16. The maximum atomic E-state index is 11.7. The highest BCUT2D eigenvalue weighted by molar-refractivity contribution is 5.79. The number of hydrogen-bond acceptors (Lipinski definition) is 3. The minimum Gasteiger partial charge on any atom is -0.496 e. The quantitative estimate of drug-likeness (QED) is 0.871. The van der Waals surface area contributed by atoms with E-state index in [2.05, 4.69) is 19.1 Å². The summed E-state index contributed by atoms with van der Waals surface area (Å²) in [5.74, 6) is 1.11. The van der Waals surface area contributed by atoms with E-state index in [1.54, 1.807) is 7.11 Å². The molecule has 1 heterocycles. The summed E-state index contributed by atoms with van der Waals surface area (Å²) in [6.07, 6.45) is 2.31. The van der Waals surface area contributed by atoms with Crippen molar-refractivity contribution >= 4 is 5.91 Å². The van der Waals surface area contributed by atoms with Gasteiger partial charge in [0.2, 0.25) is 5.91 Å². The Bertz CT molecular complexity index is 459. The van der Waals surface area contributed by atoms with E-state index in [1.165, 1.54) is 11.1 Å². The predicted molar refractivity (Wildman–Crippen MR) is 75.2 cm³/mol. The number of benzene rings is 1. The molecular formula is C15H22N2O2. The van der Waals surface area contributed by atoms with Crippen LogP contribution in [0.3, 0.4) is 0 Å². The normalized spacial score (nSPS) is 19.0. The van der Waals surface area contributed by atoms with E-state index in [1.807, 2.05) is 11.0 Å². The van der Waals surface area contributed by atoms with Gasteiger partial charge in [0.1, 0.15) is 5.75 Å². The van der Waals surface area contributed by atoms with Crippen LogP contribution < -0.4 is 10.5 Å². The Kier molecular flexibility index (Phi) is 4.43. The Morgan fingerprint density at radius 3 is 2.84 bits per heavy atom. The maximum absolute atomic E-state index is 11.7. The van der Waals surface area contributed by atoms with Crippen molar-refractivity contribution in [1.29, 1.82) is 0 Å². The molecule has 0 spiro atoms. The van der Waals surface area contributed by atoms with Crippen LogP contribution in [0.25, 0.3) is 0 Å². The first-order valence-corrected chi connectivity index (χ1v) is 6.83. The number of aryl methyl sites for hydroxylation is 1. The van der Waals surface area contributed by atoms with Crippen LogP contribution in [0.4, 0.5) is 0 Å². The summed E-state index contributed by atoms with van der Waals surface area (Å²) in [5, 5.41) is 0. The topological polar surface area (TPSA) is 55.6 Å². The third kappa shape index (κ3) is 3.26. The van der Waals surface area contributed by atoms with Gasteiger partial charge in [0, 0.05) is 25.6 Å². The van der Waals surface area contributed by atoms with Gasteiger partial charge in [-0.1, -0.05) is 19.1 Å². The van der Waals surface area contributed by atoms with Crippen molar-refractivity contribution in [3.63, 3.8) is 0 Å². The number of likely N-dealkylation sites (tertiary alicyclic amines) is 1. The molecule has 2 N–H and O–H groups in total. The Labute approximate surface area is 114 Å². The SMILES string of the molecule is CCc1cc(CCN2CC(N)CC2=O)ccc1OC. The van der Waals surface area contributed by atoms with Crippen molar-refractivity contribution in [3.8, 4) is 5.75 Å². The fourth-order valence-corrected chi connectivity index (χ4v) is 2.55. The van der Waals surface area contributed by atoms with Crippen LogP contribution in [0.2, 0.25) is 0 Å². The van der Waals surface area contributed by atoms with Gasteiger partial charge in [-0.2, -0.15) is 0 Å². The zero-order chi connectivity index (χ0) is 13.8. The van der Waals surface area contributed by atoms with Crippen molar-refractivity contribution in [2.24, 2.45) is 5.73 Å². The lowest BCUT2D eigenvalue weighted by atomic mass is 10.1. The first-order valence-electron chi connectivity index (χ1n) is 6.83. The highest BCUT2D eigenvalue weighted by atomic mass is 16.5. The number of ether oxygens (including phenoxy) is 1. The second-order valence-corrected chi connectivity index (χ2v) is 5.05. The van der Waals surface area contributed by atoms with Gasteiger partial charge in [-0.3, -0.25) is 4.79 Å². The van der Waals surface area contributed by atoms with E-state index in [9.17, 15) is 4.79 Å². The average molecular weight is 262 g/mol. The fourth-order valence-electron chi connectivity index (χ4n) is 2.55. The zero-order valence-electron chi connectivity index (χ0n) is 11.7. The number of hydrogen-bond donors (Lipinski definition) is 1. The molecular weight excluding hydrogens is 240 g/mol. The summed E-state index contributed by atoms with van der Waals surface area (Å²) >= 11 is 0. The smallest absolute Gasteiger partial charge is 0.224 e. The second-order valence-electron chi connectivity index (χ2n) is 5.05. The van der Waals surface area contributed by atoms with E-state index in [-0.39, 0.29) is 11.9 Å². The van der Waals surface area contributed by atoms with Crippen LogP contribution in [0, 0.1) is 0 Å². The third-order valence-electron chi connectivity index (χ3n) is 3.64. The van der Waals surface area contributed by atoms with Gasteiger partial charge in [0.25, 0.3) is 0 Å². The van der Waals surface area contributed by atoms with Gasteiger partial charge < -0.3 is 15.4 Å². The number of carbonyl (C=O) groups is 1. The molecule has 1 amide bonds. The Morgan fingerprint density at radius 1 is 1.47 bits per heavy atom. The van der Waals surface area contributed by atoms with E-state index in [0.29, 0.717) is 13.0 Å². The number of nitrogens with two attached hydrogens (primary N) is 1. The number of methoxy groups -OCH3 is 1. The molecule has 0 radical (unpaired) electrons.